The highest BCUT2D eigenvalue weighted by Gasteiger charge is 2.19. The van der Waals surface area contributed by atoms with Crippen LogP contribution in [-0.4, -0.2) is 20.6 Å². The lowest BCUT2D eigenvalue weighted by Crippen LogP contribution is -2.12. The van der Waals surface area contributed by atoms with Crippen LogP contribution in [0.3, 0.4) is 0 Å². The highest BCUT2D eigenvalue weighted by molar-refractivity contribution is 5.61. The summed E-state index contributed by atoms with van der Waals surface area (Å²) in [5.41, 5.74) is 2.35. The molecule has 0 fully saturated rings. The first-order valence-electron chi connectivity index (χ1n) is 4.92. The largest absolute Gasteiger partial charge is 0.204 e. The molecule has 0 radical (unpaired) electrons. The van der Waals surface area contributed by atoms with Crippen LogP contribution in [0.1, 0.15) is 26.3 Å². The predicted octanol–water partition coefficient (Wildman–Crippen LogP) is 2.16. The Morgan fingerprint density at radius 3 is 2.47 bits per heavy atom. The van der Waals surface area contributed by atoms with E-state index >= 15 is 0 Å². The fraction of sp³-hybridized carbons (Fsp3) is 0.364. The highest BCUT2D eigenvalue weighted by atomic mass is 15.5. The van der Waals surface area contributed by atoms with Gasteiger partial charge in [0.2, 0.25) is 5.82 Å². The van der Waals surface area contributed by atoms with E-state index in [4.69, 9.17) is 0 Å². The van der Waals surface area contributed by atoms with E-state index in [9.17, 15) is 0 Å². The molecule has 0 spiro atoms. The van der Waals surface area contributed by atoms with Crippen molar-refractivity contribution in [2.45, 2.75) is 26.2 Å². The van der Waals surface area contributed by atoms with E-state index in [0.717, 1.165) is 5.56 Å². The topological polar surface area (TPSA) is 54.5 Å². The molecular formula is C11H14N4. The molecule has 15 heavy (non-hydrogen) atoms. The van der Waals surface area contributed by atoms with Gasteiger partial charge in [-0.3, -0.25) is 0 Å². The number of aromatic amines is 1. The number of benzene rings is 1. The fourth-order valence-corrected chi connectivity index (χ4v) is 1.61. The molecule has 0 saturated carbocycles. The van der Waals surface area contributed by atoms with Crippen LogP contribution in [0.15, 0.2) is 24.3 Å². The van der Waals surface area contributed by atoms with Crippen molar-refractivity contribution in [3.8, 4) is 11.4 Å². The van der Waals surface area contributed by atoms with Gasteiger partial charge in [0, 0.05) is 5.56 Å². The Morgan fingerprint density at radius 2 is 1.87 bits per heavy atom. The molecule has 2 aromatic rings. The summed E-state index contributed by atoms with van der Waals surface area (Å²) in [4.78, 5) is 0. The van der Waals surface area contributed by atoms with Crippen molar-refractivity contribution in [3.63, 3.8) is 0 Å². The van der Waals surface area contributed by atoms with Crippen molar-refractivity contribution in [1.82, 2.24) is 20.6 Å². The fourth-order valence-electron chi connectivity index (χ4n) is 1.61. The van der Waals surface area contributed by atoms with Gasteiger partial charge >= 0.3 is 0 Å². The highest BCUT2D eigenvalue weighted by Crippen LogP contribution is 2.30. The molecule has 1 N–H and O–H groups in total. The number of tetrazole rings is 1. The average Bonchev–Trinajstić information content (AvgIpc) is 2.69. The molecule has 0 unspecified atom stereocenters. The van der Waals surface area contributed by atoms with Gasteiger partial charge in [0.15, 0.2) is 0 Å². The van der Waals surface area contributed by atoms with Crippen LogP contribution in [0, 0.1) is 0 Å². The van der Waals surface area contributed by atoms with Gasteiger partial charge in [0.05, 0.1) is 0 Å². The normalized spacial score (nSPS) is 11.7. The van der Waals surface area contributed by atoms with E-state index in [-0.39, 0.29) is 5.41 Å². The lowest BCUT2D eigenvalue weighted by Gasteiger charge is -2.21. The lowest BCUT2D eigenvalue weighted by atomic mass is 9.83. The van der Waals surface area contributed by atoms with Crippen molar-refractivity contribution in [3.05, 3.63) is 29.8 Å². The Labute approximate surface area is 88.7 Å². The molecule has 0 aliphatic rings. The number of nitrogens with one attached hydrogen (secondary N) is 1. The summed E-state index contributed by atoms with van der Waals surface area (Å²) in [5, 5.41) is 14.1. The number of aromatic nitrogens is 4. The van der Waals surface area contributed by atoms with Crippen LogP contribution < -0.4 is 0 Å². The Hall–Kier alpha value is -1.71. The molecule has 0 saturated heterocycles. The molecule has 2 rings (SSSR count). The maximum atomic E-state index is 4.01. The van der Waals surface area contributed by atoms with E-state index in [1.54, 1.807) is 0 Å². The van der Waals surface area contributed by atoms with Gasteiger partial charge in [-0.25, -0.2) is 0 Å². The quantitative estimate of drug-likeness (QED) is 0.771. The van der Waals surface area contributed by atoms with Crippen molar-refractivity contribution >= 4 is 0 Å². The van der Waals surface area contributed by atoms with Crippen LogP contribution in [0.4, 0.5) is 0 Å². The summed E-state index contributed by atoms with van der Waals surface area (Å²) in [6.07, 6.45) is 0. The summed E-state index contributed by atoms with van der Waals surface area (Å²) < 4.78 is 0. The summed E-state index contributed by atoms with van der Waals surface area (Å²) in [6, 6.07) is 8.14. The SMILES string of the molecule is CC(C)(C)c1ccccc1-c1nn[nH]n1. The second kappa shape index (κ2) is 3.46. The average molecular weight is 202 g/mol. The first-order chi connectivity index (χ1) is 7.09. The third kappa shape index (κ3) is 1.88. The van der Waals surface area contributed by atoms with Crippen LogP contribution in [0.5, 0.6) is 0 Å². The molecule has 78 valence electrons. The Bertz CT molecular complexity index is 440. The van der Waals surface area contributed by atoms with Gasteiger partial charge in [0.25, 0.3) is 0 Å². The molecule has 0 aliphatic carbocycles. The van der Waals surface area contributed by atoms with E-state index in [2.05, 4.69) is 47.5 Å². The molecule has 1 heterocycles. The zero-order valence-electron chi connectivity index (χ0n) is 9.15. The predicted molar refractivity (Wildman–Crippen MR) is 58.3 cm³/mol. The standard InChI is InChI=1S/C11H14N4/c1-11(2,3)9-7-5-4-6-8(9)10-12-14-15-13-10/h4-7H,1-3H3,(H,12,13,14,15). The Balaban J connectivity index is 2.58. The second-order valence-electron chi connectivity index (χ2n) is 4.53. The Morgan fingerprint density at radius 1 is 1.13 bits per heavy atom. The third-order valence-corrected chi connectivity index (χ3v) is 2.32. The van der Waals surface area contributed by atoms with E-state index in [0.29, 0.717) is 5.82 Å². The van der Waals surface area contributed by atoms with Crippen molar-refractivity contribution in [2.75, 3.05) is 0 Å². The smallest absolute Gasteiger partial charge is 0.177 e. The molecule has 4 heteroatoms. The van der Waals surface area contributed by atoms with E-state index < -0.39 is 0 Å². The number of H-pyrrole nitrogens is 1. The zero-order valence-corrected chi connectivity index (χ0v) is 9.15. The maximum Gasteiger partial charge on any atom is 0.204 e. The van der Waals surface area contributed by atoms with Gasteiger partial charge in [-0.1, -0.05) is 45.0 Å². The van der Waals surface area contributed by atoms with E-state index in [1.165, 1.54) is 5.56 Å². The first kappa shape index (κ1) is 9.83. The van der Waals surface area contributed by atoms with Crippen LogP contribution in [-0.2, 0) is 5.41 Å². The maximum absolute atomic E-state index is 4.01. The van der Waals surface area contributed by atoms with Gasteiger partial charge < -0.3 is 0 Å². The molecule has 0 amide bonds. The Kier molecular flexibility index (Phi) is 2.26. The molecular weight excluding hydrogens is 188 g/mol. The number of nitrogens with zero attached hydrogens (tertiary/aromatic N) is 3. The van der Waals surface area contributed by atoms with Gasteiger partial charge in [-0.15, -0.1) is 10.2 Å². The van der Waals surface area contributed by atoms with E-state index in [1.807, 2.05) is 18.2 Å². The van der Waals surface area contributed by atoms with Crippen molar-refractivity contribution < 1.29 is 0 Å². The second-order valence-corrected chi connectivity index (χ2v) is 4.53. The molecule has 1 aromatic heterocycles. The molecule has 4 nitrogen and oxygen atoms in total. The van der Waals surface area contributed by atoms with Crippen LogP contribution in [0.25, 0.3) is 11.4 Å². The summed E-state index contributed by atoms with van der Waals surface area (Å²) in [6.45, 7) is 6.52. The minimum atomic E-state index is 0.0806. The molecule has 1 aromatic carbocycles. The molecule has 0 atom stereocenters. The minimum Gasteiger partial charge on any atom is -0.177 e. The molecule has 0 bridgehead atoms. The van der Waals surface area contributed by atoms with Crippen molar-refractivity contribution in [2.24, 2.45) is 0 Å². The van der Waals surface area contributed by atoms with Gasteiger partial charge in [-0.2, -0.15) is 5.21 Å². The summed E-state index contributed by atoms with van der Waals surface area (Å²) in [7, 11) is 0. The third-order valence-electron chi connectivity index (χ3n) is 2.32. The summed E-state index contributed by atoms with van der Waals surface area (Å²) >= 11 is 0. The van der Waals surface area contributed by atoms with Gasteiger partial charge in [-0.05, 0) is 16.2 Å². The number of hydrogen-bond acceptors (Lipinski definition) is 3. The minimum absolute atomic E-state index is 0.0806. The van der Waals surface area contributed by atoms with Gasteiger partial charge in [0.1, 0.15) is 0 Å². The lowest BCUT2D eigenvalue weighted by molar-refractivity contribution is 0.591. The van der Waals surface area contributed by atoms with Crippen LogP contribution in [0.2, 0.25) is 0 Å². The first-order valence-corrected chi connectivity index (χ1v) is 4.92. The molecule has 0 aliphatic heterocycles. The number of hydrogen-bond donors (Lipinski definition) is 1. The van der Waals surface area contributed by atoms with Crippen LogP contribution >= 0.6 is 0 Å². The summed E-state index contributed by atoms with van der Waals surface area (Å²) in [5.74, 6) is 0.653. The monoisotopic (exact) mass is 202 g/mol. The number of rotatable bonds is 1. The zero-order chi connectivity index (χ0) is 10.9. The van der Waals surface area contributed by atoms with Crippen molar-refractivity contribution in [1.29, 1.82) is 0 Å².